The van der Waals surface area contributed by atoms with Crippen molar-refractivity contribution in [2.24, 2.45) is 11.7 Å². The van der Waals surface area contributed by atoms with Gasteiger partial charge in [0.25, 0.3) is 11.8 Å². The number of nitrogens with one attached hydrogen (secondary N) is 4. The summed E-state index contributed by atoms with van der Waals surface area (Å²) in [6.07, 6.45) is 4.36. The number of aliphatic hydroxyl groups excluding tert-OH is 1. The van der Waals surface area contributed by atoms with Crippen LogP contribution >= 0.6 is 0 Å². The highest BCUT2D eigenvalue weighted by Crippen LogP contribution is 2.10. The number of unbranched alkanes of at least 4 members (excludes halogenated alkanes) is 1. The van der Waals surface area contributed by atoms with E-state index in [1.165, 1.54) is 0 Å². The number of nitrogens with two attached hydrogens (primary N) is 1. The van der Waals surface area contributed by atoms with Gasteiger partial charge in [0.1, 0.15) is 12.1 Å². The maximum atomic E-state index is 13.0. The minimum Gasteiger partial charge on any atom is -0.394 e. The molecular formula is C30H42N6O8. The number of benzene rings is 1. The lowest BCUT2D eigenvalue weighted by Gasteiger charge is -2.23. The second kappa shape index (κ2) is 18.8. The van der Waals surface area contributed by atoms with Gasteiger partial charge in [-0.25, -0.2) is 0 Å². The van der Waals surface area contributed by atoms with Crippen molar-refractivity contribution in [1.82, 2.24) is 26.2 Å². The molecule has 7 amide bonds. The molecule has 240 valence electrons. The number of primary amides is 1. The molecule has 1 aromatic carbocycles. The van der Waals surface area contributed by atoms with E-state index in [9.17, 15) is 38.7 Å². The minimum atomic E-state index is -1.36. The summed E-state index contributed by atoms with van der Waals surface area (Å²) in [5.41, 5.74) is 6.08. The monoisotopic (exact) mass is 614 g/mol. The Kier molecular flexibility index (Phi) is 15.2. The van der Waals surface area contributed by atoms with Gasteiger partial charge in [-0.15, -0.1) is 0 Å². The highest BCUT2D eigenvalue weighted by atomic mass is 16.3. The maximum absolute atomic E-state index is 13.0. The lowest BCUT2D eigenvalue weighted by atomic mass is 9.99. The Hall–Kier alpha value is -4.59. The average molecular weight is 615 g/mol. The third-order valence-corrected chi connectivity index (χ3v) is 7.05. The molecule has 0 radical (unpaired) electrons. The number of hydrogen-bond donors (Lipinski definition) is 6. The molecule has 1 aliphatic rings. The van der Waals surface area contributed by atoms with E-state index in [1.54, 1.807) is 24.3 Å². The van der Waals surface area contributed by atoms with Crippen LogP contribution in [-0.4, -0.2) is 89.7 Å². The SMILES string of the molecule is CCC(CCC(=O)NCCCCNC(=O)C(Cc1ccccc1)NC(=O)C(CO)NC(=O)CCN1C(=O)C=CC1=O)C(N)=O. The van der Waals surface area contributed by atoms with Gasteiger partial charge in [0.2, 0.25) is 29.5 Å². The fourth-order valence-corrected chi connectivity index (χ4v) is 4.41. The molecule has 7 N–H and O–H groups in total. The first-order valence-corrected chi connectivity index (χ1v) is 14.7. The molecule has 0 bridgehead atoms. The Labute approximate surface area is 256 Å². The van der Waals surface area contributed by atoms with Crippen LogP contribution < -0.4 is 27.0 Å². The van der Waals surface area contributed by atoms with Crippen molar-refractivity contribution in [3.05, 3.63) is 48.0 Å². The average Bonchev–Trinajstić information content (AvgIpc) is 3.32. The molecule has 1 aliphatic heterocycles. The van der Waals surface area contributed by atoms with Crippen LogP contribution in [0.15, 0.2) is 42.5 Å². The van der Waals surface area contributed by atoms with E-state index in [0.29, 0.717) is 32.2 Å². The number of rotatable bonds is 20. The standard InChI is InChI=1S/C30H42N6O8/c1-2-21(28(31)42)10-11-24(38)32-15-6-7-16-33-29(43)22(18-20-8-4-3-5-9-20)35-30(44)23(19-37)34-25(39)14-17-36-26(40)12-13-27(36)41/h3-5,8-9,12-13,21-23,37H,2,6-7,10-11,14-19H2,1H3,(H2,31,42)(H,32,38)(H,33,43)(H,34,39)(H,35,44). The molecule has 0 saturated carbocycles. The van der Waals surface area contributed by atoms with Crippen LogP contribution in [0.5, 0.6) is 0 Å². The van der Waals surface area contributed by atoms with Crippen molar-refractivity contribution in [3.63, 3.8) is 0 Å². The Morgan fingerprint density at radius 3 is 2.07 bits per heavy atom. The van der Waals surface area contributed by atoms with Gasteiger partial charge >= 0.3 is 0 Å². The maximum Gasteiger partial charge on any atom is 0.253 e. The quantitative estimate of drug-likeness (QED) is 0.0773. The molecular weight excluding hydrogens is 572 g/mol. The second-order valence-corrected chi connectivity index (χ2v) is 10.4. The van der Waals surface area contributed by atoms with Crippen LogP contribution in [0.25, 0.3) is 0 Å². The van der Waals surface area contributed by atoms with E-state index >= 15 is 0 Å². The number of carbonyl (C=O) groups excluding carboxylic acids is 7. The number of amides is 7. The predicted molar refractivity (Wildman–Crippen MR) is 159 cm³/mol. The molecule has 1 aromatic rings. The Morgan fingerprint density at radius 1 is 0.841 bits per heavy atom. The van der Waals surface area contributed by atoms with Gasteiger partial charge in [0.05, 0.1) is 6.61 Å². The number of imide groups is 1. The van der Waals surface area contributed by atoms with Gasteiger partial charge in [0, 0.05) is 57.0 Å². The van der Waals surface area contributed by atoms with E-state index in [0.717, 1.165) is 22.6 Å². The summed E-state index contributed by atoms with van der Waals surface area (Å²) in [6, 6.07) is 6.60. The minimum absolute atomic E-state index is 0.150. The van der Waals surface area contributed by atoms with Gasteiger partial charge in [-0.2, -0.15) is 0 Å². The number of hydrogen-bond acceptors (Lipinski definition) is 8. The van der Waals surface area contributed by atoms with Gasteiger partial charge in [-0.1, -0.05) is 37.3 Å². The highest BCUT2D eigenvalue weighted by Gasteiger charge is 2.28. The first kappa shape index (κ1) is 35.6. The van der Waals surface area contributed by atoms with E-state index in [-0.39, 0.29) is 44.2 Å². The van der Waals surface area contributed by atoms with Gasteiger partial charge in [0.15, 0.2) is 0 Å². The van der Waals surface area contributed by atoms with Gasteiger partial charge in [-0.3, -0.25) is 38.5 Å². The molecule has 14 nitrogen and oxygen atoms in total. The summed E-state index contributed by atoms with van der Waals surface area (Å²) in [6.45, 7) is 1.58. The van der Waals surface area contributed by atoms with E-state index in [4.69, 9.17) is 5.73 Å². The van der Waals surface area contributed by atoms with Crippen molar-refractivity contribution in [2.45, 2.75) is 64.0 Å². The highest BCUT2D eigenvalue weighted by molar-refractivity contribution is 6.13. The molecule has 0 aliphatic carbocycles. The van der Waals surface area contributed by atoms with Crippen molar-refractivity contribution in [3.8, 4) is 0 Å². The Bertz CT molecular complexity index is 1190. The summed E-state index contributed by atoms with van der Waals surface area (Å²) in [5, 5.41) is 20.3. The lowest BCUT2D eigenvalue weighted by molar-refractivity contribution is -0.138. The van der Waals surface area contributed by atoms with Crippen LogP contribution in [-0.2, 0) is 40.0 Å². The van der Waals surface area contributed by atoms with Crippen LogP contribution in [0.3, 0.4) is 0 Å². The largest absolute Gasteiger partial charge is 0.394 e. The summed E-state index contributed by atoms with van der Waals surface area (Å²) in [4.78, 5) is 85.9. The topological polar surface area (TPSA) is 217 Å². The molecule has 3 unspecified atom stereocenters. The van der Waals surface area contributed by atoms with Crippen LogP contribution in [0.1, 0.15) is 51.0 Å². The van der Waals surface area contributed by atoms with Crippen molar-refractivity contribution >= 4 is 41.4 Å². The lowest BCUT2D eigenvalue weighted by Crippen LogP contribution is -2.55. The van der Waals surface area contributed by atoms with E-state index in [2.05, 4.69) is 21.3 Å². The summed E-state index contributed by atoms with van der Waals surface area (Å²) in [7, 11) is 0. The van der Waals surface area contributed by atoms with Gasteiger partial charge < -0.3 is 32.1 Å². The van der Waals surface area contributed by atoms with E-state index < -0.39 is 54.1 Å². The fourth-order valence-electron chi connectivity index (χ4n) is 4.41. The molecule has 0 spiro atoms. The molecule has 0 aromatic heterocycles. The first-order chi connectivity index (χ1) is 21.0. The summed E-state index contributed by atoms with van der Waals surface area (Å²) >= 11 is 0. The zero-order valence-corrected chi connectivity index (χ0v) is 24.9. The van der Waals surface area contributed by atoms with Crippen LogP contribution in [0, 0.1) is 5.92 Å². The Balaban J connectivity index is 1.83. The Morgan fingerprint density at radius 2 is 1.48 bits per heavy atom. The third kappa shape index (κ3) is 12.3. The smallest absolute Gasteiger partial charge is 0.253 e. The molecule has 2 rings (SSSR count). The number of carbonyl (C=O) groups is 7. The molecule has 44 heavy (non-hydrogen) atoms. The first-order valence-electron chi connectivity index (χ1n) is 14.7. The van der Waals surface area contributed by atoms with Crippen molar-refractivity contribution in [2.75, 3.05) is 26.2 Å². The summed E-state index contributed by atoms with van der Waals surface area (Å²) in [5.74, 6) is -3.93. The van der Waals surface area contributed by atoms with Crippen LogP contribution in [0.2, 0.25) is 0 Å². The normalized spacial score (nSPS) is 14.5. The summed E-state index contributed by atoms with van der Waals surface area (Å²) < 4.78 is 0. The second-order valence-electron chi connectivity index (χ2n) is 10.4. The van der Waals surface area contributed by atoms with Crippen LogP contribution in [0.4, 0.5) is 0 Å². The van der Waals surface area contributed by atoms with Crippen molar-refractivity contribution in [1.29, 1.82) is 0 Å². The molecule has 0 fully saturated rings. The molecule has 1 heterocycles. The zero-order valence-electron chi connectivity index (χ0n) is 24.9. The van der Waals surface area contributed by atoms with E-state index in [1.807, 2.05) is 13.0 Å². The molecule has 0 saturated heterocycles. The molecule has 14 heteroatoms. The number of aliphatic hydroxyl groups is 1. The predicted octanol–water partition coefficient (Wildman–Crippen LogP) is -1.19. The van der Waals surface area contributed by atoms with Gasteiger partial charge in [-0.05, 0) is 31.2 Å². The zero-order chi connectivity index (χ0) is 32.5. The number of nitrogens with zero attached hydrogens (tertiary/aromatic N) is 1. The third-order valence-electron chi connectivity index (χ3n) is 7.05. The fraction of sp³-hybridized carbons (Fsp3) is 0.500. The van der Waals surface area contributed by atoms with Crippen molar-refractivity contribution < 1.29 is 38.7 Å². The molecule has 3 atom stereocenters.